The van der Waals surface area contributed by atoms with Gasteiger partial charge in [-0.05, 0) is 0 Å². The van der Waals surface area contributed by atoms with Gasteiger partial charge in [-0.25, -0.2) is 0 Å². The maximum atomic E-state index is 4.15. The third-order valence-corrected chi connectivity index (χ3v) is 246. The van der Waals surface area contributed by atoms with Gasteiger partial charge in [0.2, 0.25) is 0 Å². The molecule has 0 spiro atoms. The summed E-state index contributed by atoms with van der Waals surface area (Å²) in [5, 5.41) is 0. The Bertz CT molecular complexity index is 401. The molecule has 0 aromatic heterocycles. The summed E-state index contributed by atoms with van der Waals surface area (Å²) in [6, 6.07) is 0. The number of hydrogen-bond acceptors (Lipinski definition) is 0. The summed E-state index contributed by atoms with van der Waals surface area (Å²) < 4.78 is 13.7. The fourth-order valence-corrected chi connectivity index (χ4v) is 413. The molecule has 178 valence electrons. The summed E-state index contributed by atoms with van der Waals surface area (Å²) in [5.74, 6) is 0. The molecule has 10 heteroatoms. The molecule has 0 amide bonds. The average molecular weight is 1350 g/mol. The molecule has 0 fully saturated rings. The Labute approximate surface area is 245 Å². The van der Waals surface area contributed by atoms with E-state index in [1.165, 1.54) is 4.44 Å². The molecule has 0 aromatic carbocycles. The van der Waals surface area contributed by atoms with Gasteiger partial charge in [0.1, 0.15) is 0 Å². The molecule has 0 bridgehead atoms. The molecule has 0 aromatic rings. The van der Waals surface area contributed by atoms with Crippen molar-refractivity contribution in [2.24, 2.45) is 0 Å². The first kappa shape index (κ1) is 38.2. The molecule has 0 radical (unpaired) electrons. The van der Waals surface area contributed by atoms with Crippen molar-refractivity contribution in [3.05, 3.63) is 0 Å². The summed E-state index contributed by atoms with van der Waals surface area (Å²) in [4.78, 5) is 21.0. The average Bonchev–Trinajstić information content (AvgIpc) is 2.51. The van der Waals surface area contributed by atoms with E-state index < -0.39 is 128 Å². The van der Waals surface area contributed by atoms with Crippen LogP contribution in [-0.4, -0.2) is 128 Å². The molecule has 0 nitrogen and oxygen atoms in total. The second-order valence-corrected chi connectivity index (χ2v) is 156. The molecule has 29 heavy (non-hydrogen) atoms. The molecule has 0 heterocycles. The SMILES string of the molecule is C[CH2][SnH]([CH3])[CH2][SnH]([CH3])[CH2][SnH]([CH3])[CH2][SnH]([CH3])[CH2]C.C[CH2][Sn]([CH3])([Br])[CH2][Sn]([CH3])([Br])[CH2][Sn]([CH3])([CH3])[Br]. The zero-order valence-electron chi connectivity index (χ0n) is 21.6. The predicted octanol–water partition coefficient (Wildman–Crippen LogP) is 8.70. The van der Waals surface area contributed by atoms with Gasteiger partial charge in [-0.1, -0.05) is 0 Å². The molecule has 0 aliphatic rings. The fourth-order valence-electron chi connectivity index (χ4n) is 4.42. The quantitative estimate of drug-likeness (QED) is 0.162. The Hall–Kier alpha value is 7.03. The van der Waals surface area contributed by atoms with Crippen LogP contribution in [0.5, 0.6) is 0 Å². The Balaban J connectivity index is 0. The molecule has 6 unspecified atom stereocenters. The van der Waals surface area contributed by atoms with Crippen molar-refractivity contribution in [1.82, 2.24) is 0 Å². The van der Waals surface area contributed by atoms with E-state index in [1.807, 2.05) is 7.36 Å². The second-order valence-electron chi connectivity index (χ2n) is 11.2. The molecule has 0 saturated carbocycles. The van der Waals surface area contributed by atoms with Gasteiger partial charge in [-0.15, -0.1) is 0 Å². The van der Waals surface area contributed by atoms with Crippen molar-refractivity contribution < 1.29 is 0 Å². The predicted molar refractivity (Wildman–Crippen MR) is 175 cm³/mol. The summed E-state index contributed by atoms with van der Waals surface area (Å²) in [7, 11) is 0. The number of hydrogen-bond donors (Lipinski definition) is 0. The van der Waals surface area contributed by atoms with Crippen LogP contribution < -0.4 is 0 Å². The third-order valence-electron chi connectivity index (χ3n) is 6.07. The normalized spacial score (nSPS) is 20.5. The van der Waals surface area contributed by atoms with Crippen molar-refractivity contribution in [3.8, 4) is 0 Å². The molecule has 0 rings (SSSR count). The third kappa shape index (κ3) is 26.4. The van der Waals surface area contributed by atoms with Gasteiger partial charge in [0, 0.05) is 0 Å². The van der Waals surface area contributed by atoms with E-state index in [1.54, 1.807) is 13.8 Å². The summed E-state index contributed by atoms with van der Waals surface area (Å²) in [6.45, 7) is 7.28. The van der Waals surface area contributed by atoms with Gasteiger partial charge in [-0.3, -0.25) is 0 Å². The summed E-state index contributed by atoms with van der Waals surface area (Å²) >= 11 is 3.47. The van der Waals surface area contributed by atoms with Crippen LogP contribution in [0, 0.1) is 0 Å². The molecule has 6 atom stereocenters. The Morgan fingerprint density at radius 2 is 0.897 bits per heavy atom. The minimum atomic E-state index is -1.84. The van der Waals surface area contributed by atoms with E-state index in [-0.39, 0.29) is 0 Å². The topological polar surface area (TPSA) is 0 Å². The zero-order chi connectivity index (χ0) is 23.5. The first-order valence-corrected chi connectivity index (χ1v) is 84.6. The number of halogens is 3. The first-order chi connectivity index (χ1) is 13.0. The second kappa shape index (κ2) is 20.0. The van der Waals surface area contributed by atoms with Crippen molar-refractivity contribution in [2.75, 3.05) is 0 Å². The monoisotopic (exact) mass is 1360 g/mol. The van der Waals surface area contributed by atoms with Gasteiger partial charge in [0.05, 0.1) is 0 Å². The number of rotatable bonds is 13. The first-order valence-electron chi connectivity index (χ1n) is 12.0. The molecule has 0 aliphatic carbocycles. The molecular weight excluding hydrogens is 1300 g/mol. The van der Waals surface area contributed by atoms with Crippen molar-refractivity contribution in [3.63, 3.8) is 0 Å². The van der Waals surface area contributed by atoms with Crippen molar-refractivity contribution in [1.29, 1.82) is 0 Å². The van der Waals surface area contributed by atoms with Gasteiger partial charge in [0.15, 0.2) is 0 Å². The van der Waals surface area contributed by atoms with Gasteiger partial charge in [0.25, 0.3) is 0 Å². The molecular formula is C19H53Br3Sn7. The van der Waals surface area contributed by atoms with Crippen LogP contribution in [0.15, 0.2) is 0 Å². The van der Waals surface area contributed by atoms with Crippen LogP contribution in [-0.2, 0) is 0 Å². The van der Waals surface area contributed by atoms with E-state index in [4.69, 9.17) is 0 Å². The Morgan fingerprint density at radius 3 is 1.17 bits per heavy atom. The molecule has 0 N–H and O–H groups in total. The van der Waals surface area contributed by atoms with E-state index in [0.717, 1.165) is 0 Å². The Morgan fingerprint density at radius 1 is 0.552 bits per heavy atom. The van der Waals surface area contributed by atoms with Gasteiger partial charge >= 0.3 is 251 Å². The fraction of sp³-hybridized carbons (Fsp3) is 1.00. The van der Waals surface area contributed by atoms with E-state index in [0.29, 0.717) is 0 Å². The summed E-state index contributed by atoms with van der Waals surface area (Å²) in [5.41, 5.74) is 0. The van der Waals surface area contributed by atoms with Crippen LogP contribution in [0.2, 0.25) is 65.1 Å². The molecule has 0 aliphatic heterocycles. The van der Waals surface area contributed by atoms with Crippen LogP contribution in [0.4, 0.5) is 0 Å². The van der Waals surface area contributed by atoms with Gasteiger partial charge in [-0.2, -0.15) is 0 Å². The maximum absolute atomic E-state index is 4.15. The van der Waals surface area contributed by atoms with Crippen LogP contribution >= 0.6 is 38.1 Å². The van der Waals surface area contributed by atoms with E-state index >= 15 is 0 Å². The van der Waals surface area contributed by atoms with Crippen molar-refractivity contribution in [2.45, 2.75) is 85.9 Å². The van der Waals surface area contributed by atoms with E-state index in [2.05, 4.69) is 98.4 Å². The summed E-state index contributed by atoms with van der Waals surface area (Å²) in [6.07, 6.45) is 0. The van der Waals surface area contributed by atoms with Crippen LogP contribution in [0.1, 0.15) is 20.8 Å². The zero-order valence-corrected chi connectivity index (χ0v) is 48.1. The standard InChI is InChI=1S/3C2H5.8CH3.5CH2.3BrH.7Sn.4H/c3*1-2;;;;;;;;;;;;;;;;;;;;;;;;;;;/h3*1H2,2H3;8*1H3;5*1H2;3*1H;;;;;;;;;;;/q;;;;;;;;;;;;;;;;;;;;;;;3*+1;;;;/p-3. The van der Waals surface area contributed by atoms with Crippen LogP contribution in [0.3, 0.4) is 0 Å². The minimum absolute atomic E-state index is 0.839. The van der Waals surface area contributed by atoms with E-state index in [9.17, 15) is 0 Å². The van der Waals surface area contributed by atoms with Gasteiger partial charge < -0.3 is 0 Å². The van der Waals surface area contributed by atoms with Crippen LogP contribution in [0.25, 0.3) is 0 Å². The molecule has 0 saturated heterocycles. The van der Waals surface area contributed by atoms with Crippen molar-refractivity contribution >= 4 is 166 Å². The Kier molecular flexibility index (Phi) is 26.3.